The molecule has 3 aromatic carbocycles. The van der Waals surface area contributed by atoms with Crippen LogP contribution in [0.15, 0.2) is 72.8 Å². The molecule has 0 aliphatic carbocycles. The normalized spacial score (nSPS) is 12.8. The van der Waals surface area contributed by atoms with Crippen molar-refractivity contribution in [2.75, 3.05) is 17.1 Å². The number of carbonyl (C=O) groups excluding carboxylic acids is 2. The van der Waals surface area contributed by atoms with Gasteiger partial charge in [0.2, 0.25) is 21.8 Å². The second-order valence-corrected chi connectivity index (χ2v) is 12.6. The highest BCUT2D eigenvalue weighted by molar-refractivity contribution is 7.92. The number of halogens is 2. The molecule has 0 heterocycles. The van der Waals surface area contributed by atoms with E-state index in [2.05, 4.69) is 5.32 Å². The minimum absolute atomic E-state index is 0.0221. The molecule has 3 rings (SSSR count). The van der Waals surface area contributed by atoms with Gasteiger partial charge in [-0.05, 0) is 55.7 Å². The number of carbonyl (C=O) groups is 2. The summed E-state index contributed by atoms with van der Waals surface area (Å²) in [5.41, 5.74) is 2.74. The predicted molar refractivity (Wildman–Crippen MR) is 162 cm³/mol. The van der Waals surface area contributed by atoms with Crippen molar-refractivity contribution in [2.24, 2.45) is 0 Å². The third kappa shape index (κ3) is 8.71. The molecule has 2 amide bonds. The Balaban J connectivity index is 2.08. The van der Waals surface area contributed by atoms with Crippen LogP contribution in [0.3, 0.4) is 0 Å². The van der Waals surface area contributed by atoms with E-state index in [1.807, 2.05) is 51.1 Å². The van der Waals surface area contributed by atoms with Gasteiger partial charge in [-0.2, -0.15) is 0 Å². The first-order valence-corrected chi connectivity index (χ1v) is 15.6. The third-order valence-corrected chi connectivity index (χ3v) is 8.36. The van der Waals surface area contributed by atoms with Crippen LogP contribution < -0.4 is 9.62 Å². The van der Waals surface area contributed by atoms with Crippen molar-refractivity contribution in [1.82, 2.24) is 10.2 Å². The Kier molecular flexibility index (Phi) is 11.0. The molecular formula is C30H35Cl2N3O4S. The maximum Gasteiger partial charge on any atom is 0.244 e. The standard InChI is InChI=1S/C30H35Cl2N3O4S/c1-5-22(3)33-30(37)28(17-23-9-7-6-8-10-23)34(19-24-13-14-25(31)18-27(24)32)29(36)20-35(40(4,38)39)26-15-11-21(2)12-16-26/h6-16,18,22,28H,5,17,19-20H2,1-4H3,(H,33,37). The van der Waals surface area contributed by atoms with Crippen molar-refractivity contribution in [3.63, 3.8) is 0 Å². The molecule has 2 unspecified atom stereocenters. The van der Waals surface area contributed by atoms with Crippen LogP contribution in [0.5, 0.6) is 0 Å². The molecule has 3 aromatic rings. The van der Waals surface area contributed by atoms with E-state index >= 15 is 0 Å². The molecule has 0 aliphatic heterocycles. The van der Waals surface area contributed by atoms with E-state index in [0.29, 0.717) is 27.7 Å². The van der Waals surface area contributed by atoms with E-state index < -0.39 is 28.5 Å². The van der Waals surface area contributed by atoms with E-state index in [0.717, 1.165) is 21.7 Å². The number of aryl methyl sites for hydroxylation is 1. The van der Waals surface area contributed by atoms with E-state index in [-0.39, 0.29) is 24.9 Å². The molecule has 0 radical (unpaired) electrons. The van der Waals surface area contributed by atoms with Crippen molar-refractivity contribution < 1.29 is 18.0 Å². The Bertz CT molecular complexity index is 1420. The highest BCUT2D eigenvalue weighted by Gasteiger charge is 2.33. The van der Waals surface area contributed by atoms with Gasteiger partial charge in [0.25, 0.3) is 0 Å². The van der Waals surface area contributed by atoms with Gasteiger partial charge in [-0.3, -0.25) is 13.9 Å². The average molecular weight is 605 g/mol. The highest BCUT2D eigenvalue weighted by Crippen LogP contribution is 2.25. The molecule has 2 atom stereocenters. The van der Waals surface area contributed by atoms with Crippen molar-refractivity contribution in [3.05, 3.63) is 99.5 Å². The van der Waals surface area contributed by atoms with Crippen LogP contribution in [0, 0.1) is 6.92 Å². The molecule has 0 aliphatic rings. The molecule has 10 heteroatoms. The van der Waals surface area contributed by atoms with Crippen LogP contribution in [-0.4, -0.2) is 50.0 Å². The summed E-state index contributed by atoms with van der Waals surface area (Å²) in [5.74, 6) is -0.880. The van der Waals surface area contributed by atoms with Gasteiger partial charge in [-0.25, -0.2) is 8.42 Å². The lowest BCUT2D eigenvalue weighted by Gasteiger charge is -2.34. The fraction of sp³-hybridized carbons (Fsp3) is 0.333. The fourth-order valence-corrected chi connectivity index (χ4v) is 5.47. The number of anilines is 1. The summed E-state index contributed by atoms with van der Waals surface area (Å²) in [5, 5.41) is 3.77. The van der Waals surface area contributed by atoms with Gasteiger partial charge in [0, 0.05) is 29.1 Å². The number of benzene rings is 3. The van der Waals surface area contributed by atoms with Crippen LogP contribution in [-0.2, 0) is 32.6 Å². The van der Waals surface area contributed by atoms with Crippen molar-refractivity contribution >= 4 is 50.7 Å². The van der Waals surface area contributed by atoms with Gasteiger partial charge in [0.05, 0.1) is 11.9 Å². The summed E-state index contributed by atoms with van der Waals surface area (Å²) >= 11 is 12.6. The Morgan fingerprint density at radius 2 is 1.62 bits per heavy atom. The number of sulfonamides is 1. The van der Waals surface area contributed by atoms with E-state index in [1.54, 1.807) is 42.5 Å². The lowest BCUT2D eigenvalue weighted by atomic mass is 10.0. The Labute approximate surface area is 247 Å². The molecule has 0 fully saturated rings. The summed E-state index contributed by atoms with van der Waals surface area (Å²) in [6.07, 6.45) is 1.98. The van der Waals surface area contributed by atoms with Gasteiger partial charge in [0.1, 0.15) is 12.6 Å². The van der Waals surface area contributed by atoms with Crippen molar-refractivity contribution in [2.45, 2.75) is 52.2 Å². The Morgan fingerprint density at radius 3 is 2.20 bits per heavy atom. The fourth-order valence-electron chi connectivity index (χ4n) is 4.15. The minimum Gasteiger partial charge on any atom is -0.352 e. The summed E-state index contributed by atoms with van der Waals surface area (Å²) in [6, 6.07) is 20.1. The van der Waals surface area contributed by atoms with Crippen molar-refractivity contribution in [1.29, 1.82) is 0 Å². The zero-order valence-electron chi connectivity index (χ0n) is 23.1. The number of nitrogens with one attached hydrogen (secondary N) is 1. The minimum atomic E-state index is -3.83. The number of nitrogens with zero attached hydrogens (tertiary/aromatic N) is 2. The van der Waals surface area contributed by atoms with Gasteiger partial charge in [-0.15, -0.1) is 0 Å². The van der Waals surface area contributed by atoms with E-state index in [1.165, 1.54) is 4.90 Å². The monoisotopic (exact) mass is 603 g/mol. The summed E-state index contributed by atoms with van der Waals surface area (Å²) in [7, 11) is -3.83. The van der Waals surface area contributed by atoms with Gasteiger partial charge in [-0.1, -0.05) is 84.2 Å². The van der Waals surface area contributed by atoms with Crippen LogP contribution >= 0.6 is 23.2 Å². The van der Waals surface area contributed by atoms with E-state index in [4.69, 9.17) is 23.2 Å². The summed E-state index contributed by atoms with van der Waals surface area (Å²) < 4.78 is 26.7. The maximum absolute atomic E-state index is 14.1. The Morgan fingerprint density at radius 1 is 0.975 bits per heavy atom. The number of rotatable bonds is 12. The molecular weight excluding hydrogens is 569 g/mol. The maximum atomic E-state index is 14.1. The first kappa shape index (κ1) is 31.5. The third-order valence-electron chi connectivity index (χ3n) is 6.63. The number of hydrogen-bond acceptors (Lipinski definition) is 4. The molecule has 214 valence electrons. The molecule has 0 aromatic heterocycles. The van der Waals surface area contributed by atoms with Crippen LogP contribution in [0.4, 0.5) is 5.69 Å². The molecule has 0 bridgehead atoms. The van der Waals surface area contributed by atoms with Crippen LogP contribution in [0.2, 0.25) is 10.0 Å². The van der Waals surface area contributed by atoms with Gasteiger partial charge >= 0.3 is 0 Å². The first-order valence-electron chi connectivity index (χ1n) is 13.0. The van der Waals surface area contributed by atoms with Crippen LogP contribution in [0.1, 0.15) is 37.0 Å². The summed E-state index contributed by atoms with van der Waals surface area (Å²) in [6.45, 7) is 5.23. The lowest BCUT2D eigenvalue weighted by Crippen LogP contribution is -2.54. The van der Waals surface area contributed by atoms with Gasteiger partial charge in [0.15, 0.2) is 0 Å². The second-order valence-electron chi connectivity index (χ2n) is 9.89. The smallest absolute Gasteiger partial charge is 0.244 e. The SMILES string of the molecule is CCC(C)NC(=O)C(Cc1ccccc1)N(Cc1ccc(Cl)cc1Cl)C(=O)CN(c1ccc(C)cc1)S(C)(=O)=O. The van der Waals surface area contributed by atoms with Crippen molar-refractivity contribution in [3.8, 4) is 0 Å². The van der Waals surface area contributed by atoms with Gasteiger partial charge < -0.3 is 10.2 Å². The van der Waals surface area contributed by atoms with Crippen LogP contribution in [0.25, 0.3) is 0 Å². The molecule has 1 N–H and O–H groups in total. The molecule has 7 nitrogen and oxygen atoms in total. The second kappa shape index (κ2) is 14.0. The predicted octanol–water partition coefficient (Wildman–Crippen LogP) is 5.62. The van der Waals surface area contributed by atoms with E-state index in [9.17, 15) is 18.0 Å². The molecule has 0 saturated carbocycles. The Hall–Kier alpha value is -3.07. The molecule has 0 saturated heterocycles. The topological polar surface area (TPSA) is 86.8 Å². The zero-order valence-corrected chi connectivity index (χ0v) is 25.4. The highest BCUT2D eigenvalue weighted by atomic mass is 35.5. The molecule has 0 spiro atoms. The average Bonchev–Trinajstić information content (AvgIpc) is 2.90. The number of hydrogen-bond donors (Lipinski definition) is 1. The molecule has 40 heavy (non-hydrogen) atoms. The largest absolute Gasteiger partial charge is 0.352 e. The zero-order chi connectivity index (χ0) is 29.4. The first-order chi connectivity index (χ1) is 18.9. The number of amides is 2. The lowest BCUT2D eigenvalue weighted by molar-refractivity contribution is -0.140. The summed E-state index contributed by atoms with van der Waals surface area (Å²) in [4.78, 5) is 29.2. The quantitative estimate of drug-likeness (QED) is 0.291.